The molecule has 0 aliphatic carbocycles. The van der Waals surface area contributed by atoms with Crippen molar-refractivity contribution in [2.45, 2.75) is 12.8 Å². The average molecular weight is 317 g/mol. The van der Waals surface area contributed by atoms with Crippen LogP contribution < -0.4 is 10.6 Å². The molecule has 2 aliphatic rings. The number of pyridine rings is 1. The molecule has 3 heterocycles. The fourth-order valence-electron chi connectivity index (χ4n) is 3.54. The van der Waals surface area contributed by atoms with Crippen LogP contribution in [-0.2, 0) is 0 Å². The molecule has 1 amide bonds. The Labute approximate surface area is 138 Å². The molecule has 23 heavy (non-hydrogen) atoms. The number of hydrogen-bond acceptors (Lipinski definition) is 5. The smallest absolute Gasteiger partial charge is 0.250 e. The van der Waals surface area contributed by atoms with Gasteiger partial charge in [0.25, 0.3) is 0 Å². The zero-order chi connectivity index (χ0) is 16.2. The highest BCUT2D eigenvalue weighted by Crippen LogP contribution is 2.22. The van der Waals surface area contributed by atoms with E-state index in [4.69, 9.17) is 5.73 Å². The number of piperazine rings is 1. The maximum Gasteiger partial charge on any atom is 0.250 e. The van der Waals surface area contributed by atoms with Gasteiger partial charge in [-0.1, -0.05) is 0 Å². The van der Waals surface area contributed by atoms with Gasteiger partial charge in [0.15, 0.2) is 0 Å². The number of nitrogens with zero attached hydrogens (tertiary/aromatic N) is 4. The molecule has 126 valence electrons. The standard InChI is InChI=1S/C17H27N5O/c1-20-7-9-21(10-8-20)12-14-3-2-6-22(13-14)16-5-4-15(11-19-16)17(18)23/h4-5,11,14H,2-3,6-10,12-13H2,1H3,(H2,18,23). The van der Waals surface area contributed by atoms with E-state index in [1.807, 2.05) is 6.07 Å². The molecule has 1 unspecified atom stereocenters. The summed E-state index contributed by atoms with van der Waals surface area (Å²) in [6, 6.07) is 3.69. The van der Waals surface area contributed by atoms with Crippen LogP contribution in [0.5, 0.6) is 0 Å². The van der Waals surface area contributed by atoms with Gasteiger partial charge in [-0.15, -0.1) is 0 Å². The van der Waals surface area contributed by atoms with Crippen molar-refractivity contribution >= 4 is 11.7 Å². The Morgan fingerprint density at radius 2 is 2.04 bits per heavy atom. The van der Waals surface area contributed by atoms with E-state index in [2.05, 4.69) is 26.7 Å². The van der Waals surface area contributed by atoms with Crippen molar-refractivity contribution in [3.63, 3.8) is 0 Å². The highest BCUT2D eigenvalue weighted by Gasteiger charge is 2.24. The number of amides is 1. The lowest BCUT2D eigenvalue weighted by molar-refractivity contribution is 0.1000. The van der Waals surface area contributed by atoms with Gasteiger partial charge in [-0.2, -0.15) is 0 Å². The van der Waals surface area contributed by atoms with Crippen LogP contribution in [0.1, 0.15) is 23.2 Å². The van der Waals surface area contributed by atoms with Crippen LogP contribution in [0.15, 0.2) is 18.3 Å². The van der Waals surface area contributed by atoms with Crippen LogP contribution in [0.25, 0.3) is 0 Å². The van der Waals surface area contributed by atoms with E-state index >= 15 is 0 Å². The molecule has 2 N–H and O–H groups in total. The molecule has 2 aliphatic heterocycles. The quantitative estimate of drug-likeness (QED) is 0.883. The van der Waals surface area contributed by atoms with Gasteiger partial charge in [0.1, 0.15) is 5.82 Å². The molecule has 3 rings (SSSR count). The van der Waals surface area contributed by atoms with E-state index in [1.54, 1.807) is 12.3 Å². The van der Waals surface area contributed by atoms with Gasteiger partial charge >= 0.3 is 0 Å². The molecule has 6 nitrogen and oxygen atoms in total. The summed E-state index contributed by atoms with van der Waals surface area (Å²) in [6.07, 6.45) is 4.08. The van der Waals surface area contributed by atoms with E-state index in [0.717, 1.165) is 18.9 Å². The fraction of sp³-hybridized carbons (Fsp3) is 0.647. The van der Waals surface area contributed by atoms with Crippen LogP contribution in [0, 0.1) is 5.92 Å². The number of aromatic nitrogens is 1. The molecule has 0 bridgehead atoms. The van der Waals surface area contributed by atoms with E-state index in [9.17, 15) is 4.79 Å². The molecule has 1 aromatic rings. The number of piperidine rings is 1. The van der Waals surface area contributed by atoms with Gasteiger partial charge in [0, 0.05) is 52.0 Å². The van der Waals surface area contributed by atoms with Crippen molar-refractivity contribution < 1.29 is 4.79 Å². The third-order valence-electron chi connectivity index (χ3n) is 4.99. The number of anilines is 1. The lowest BCUT2D eigenvalue weighted by Gasteiger charge is -2.38. The first-order chi connectivity index (χ1) is 11.1. The second kappa shape index (κ2) is 7.27. The first-order valence-electron chi connectivity index (χ1n) is 8.53. The molecule has 0 saturated carbocycles. The van der Waals surface area contributed by atoms with E-state index in [-0.39, 0.29) is 0 Å². The van der Waals surface area contributed by atoms with E-state index < -0.39 is 5.91 Å². The van der Waals surface area contributed by atoms with Crippen molar-refractivity contribution in [1.82, 2.24) is 14.8 Å². The van der Waals surface area contributed by atoms with Crippen molar-refractivity contribution in [2.75, 3.05) is 57.8 Å². The number of carbonyl (C=O) groups is 1. The van der Waals surface area contributed by atoms with E-state index in [1.165, 1.54) is 45.6 Å². The largest absolute Gasteiger partial charge is 0.366 e. The minimum atomic E-state index is -0.421. The maximum absolute atomic E-state index is 11.1. The number of rotatable bonds is 4. The molecule has 1 atom stereocenters. The van der Waals surface area contributed by atoms with Gasteiger partial charge < -0.3 is 20.4 Å². The molecular weight excluding hydrogens is 290 g/mol. The van der Waals surface area contributed by atoms with Gasteiger partial charge in [-0.25, -0.2) is 4.98 Å². The topological polar surface area (TPSA) is 65.7 Å². The normalized spacial score (nSPS) is 23.9. The summed E-state index contributed by atoms with van der Waals surface area (Å²) in [5.41, 5.74) is 5.75. The second-order valence-corrected chi connectivity index (χ2v) is 6.83. The predicted octanol–water partition coefficient (Wildman–Crippen LogP) is 0.644. The molecule has 6 heteroatoms. The molecule has 0 aromatic carbocycles. The van der Waals surface area contributed by atoms with Crippen molar-refractivity contribution in [2.24, 2.45) is 11.7 Å². The number of likely N-dealkylation sites (N-methyl/N-ethyl adjacent to an activating group) is 1. The van der Waals surface area contributed by atoms with Crippen LogP contribution >= 0.6 is 0 Å². The van der Waals surface area contributed by atoms with Crippen molar-refractivity contribution in [3.05, 3.63) is 23.9 Å². The number of nitrogens with two attached hydrogens (primary N) is 1. The third-order valence-corrected chi connectivity index (χ3v) is 4.99. The van der Waals surface area contributed by atoms with Gasteiger partial charge in [0.2, 0.25) is 5.91 Å². The lowest BCUT2D eigenvalue weighted by atomic mass is 9.97. The first kappa shape index (κ1) is 16.2. The maximum atomic E-state index is 11.1. The Hall–Kier alpha value is -1.66. The Morgan fingerprint density at radius 1 is 1.26 bits per heavy atom. The van der Waals surface area contributed by atoms with Gasteiger partial charge in [0.05, 0.1) is 5.56 Å². The Bertz CT molecular complexity index is 524. The third kappa shape index (κ3) is 4.20. The summed E-state index contributed by atoms with van der Waals surface area (Å²) in [6.45, 7) is 7.98. The summed E-state index contributed by atoms with van der Waals surface area (Å²) < 4.78 is 0. The second-order valence-electron chi connectivity index (χ2n) is 6.83. The highest BCUT2D eigenvalue weighted by molar-refractivity contribution is 5.92. The van der Waals surface area contributed by atoms with Gasteiger partial charge in [-0.05, 0) is 37.9 Å². The minimum Gasteiger partial charge on any atom is -0.366 e. The predicted molar refractivity (Wildman–Crippen MR) is 91.6 cm³/mol. The summed E-state index contributed by atoms with van der Waals surface area (Å²) in [5, 5.41) is 0. The summed E-state index contributed by atoms with van der Waals surface area (Å²) >= 11 is 0. The van der Waals surface area contributed by atoms with Crippen molar-refractivity contribution in [3.8, 4) is 0 Å². The zero-order valence-corrected chi connectivity index (χ0v) is 13.9. The zero-order valence-electron chi connectivity index (χ0n) is 13.9. The molecule has 0 spiro atoms. The van der Waals surface area contributed by atoms with Crippen LogP contribution in [-0.4, -0.2) is 73.6 Å². The van der Waals surface area contributed by atoms with Crippen molar-refractivity contribution in [1.29, 1.82) is 0 Å². The fourth-order valence-corrected chi connectivity index (χ4v) is 3.54. The Kier molecular flexibility index (Phi) is 5.13. The number of primary amides is 1. The Morgan fingerprint density at radius 3 is 2.70 bits per heavy atom. The minimum absolute atomic E-state index is 0.421. The molecular formula is C17H27N5O. The number of hydrogen-bond donors (Lipinski definition) is 1. The monoisotopic (exact) mass is 317 g/mol. The summed E-state index contributed by atoms with van der Waals surface area (Å²) in [7, 11) is 2.20. The summed E-state index contributed by atoms with van der Waals surface area (Å²) in [5.74, 6) is 1.23. The Balaban J connectivity index is 1.56. The SMILES string of the molecule is CN1CCN(CC2CCCN(c3ccc(C(N)=O)cn3)C2)CC1. The van der Waals surface area contributed by atoms with Crippen LogP contribution in [0.3, 0.4) is 0 Å². The lowest BCUT2D eigenvalue weighted by Crippen LogP contribution is -2.48. The highest BCUT2D eigenvalue weighted by atomic mass is 16.1. The molecule has 2 saturated heterocycles. The molecule has 0 radical (unpaired) electrons. The first-order valence-corrected chi connectivity index (χ1v) is 8.53. The van der Waals surface area contributed by atoms with Crippen LogP contribution in [0.4, 0.5) is 5.82 Å². The van der Waals surface area contributed by atoms with Gasteiger partial charge in [-0.3, -0.25) is 4.79 Å². The molecule has 1 aromatic heterocycles. The molecule has 2 fully saturated rings. The summed E-state index contributed by atoms with van der Waals surface area (Å²) in [4.78, 5) is 22.9. The number of carbonyl (C=O) groups excluding carboxylic acids is 1. The van der Waals surface area contributed by atoms with Crippen LogP contribution in [0.2, 0.25) is 0 Å². The van der Waals surface area contributed by atoms with E-state index in [0.29, 0.717) is 11.5 Å². The average Bonchev–Trinajstić information content (AvgIpc) is 2.57.